The highest BCUT2D eigenvalue weighted by Gasteiger charge is 1.95. The van der Waals surface area contributed by atoms with E-state index in [1.54, 1.807) is 0 Å². The quantitative estimate of drug-likeness (QED) is 0.374. The number of hydrogen-bond acceptors (Lipinski definition) is 2. The topological polar surface area (TPSA) is 32.6 Å². The van der Waals surface area contributed by atoms with E-state index >= 15 is 0 Å². The van der Waals surface area contributed by atoms with Crippen LogP contribution < -0.4 is 5.32 Å². The molecular weight excluding hydrogens is 82.0 g/mol. The van der Waals surface area contributed by atoms with Gasteiger partial charge in [-0.25, -0.2) is 15.1 Å². The molecule has 1 radical (unpaired) electrons. The molecule has 3 heteroatoms. The zero-order chi connectivity index (χ0) is 4.24. The average molecular weight is 88.1 g/mol. The van der Waals surface area contributed by atoms with Crippen LogP contribution in [0.5, 0.6) is 0 Å². The summed E-state index contributed by atoms with van der Waals surface area (Å²) in [4.78, 5) is 8.88. The first-order valence-corrected chi connectivity index (χ1v) is 1.88. The molecule has 1 saturated heterocycles. The molecule has 6 heavy (non-hydrogen) atoms. The molecule has 1 fully saturated rings. The first-order chi connectivity index (χ1) is 3.00. The highest BCUT2D eigenvalue weighted by molar-refractivity contribution is 4.35. The Kier molecular flexibility index (Phi) is 1.43. The molecule has 0 aromatic rings. The Bertz CT molecular complexity index is 24.3. The van der Waals surface area contributed by atoms with E-state index in [0.29, 0.717) is 13.3 Å². The van der Waals surface area contributed by atoms with Gasteiger partial charge in [0.25, 0.3) is 0 Å². The third kappa shape index (κ3) is 0.931. The van der Waals surface area contributed by atoms with Crippen LogP contribution >= 0.6 is 0 Å². The maximum Gasteiger partial charge on any atom is 0.148 e. The van der Waals surface area contributed by atoms with E-state index in [1.807, 2.05) is 0 Å². The van der Waals surface area contributed by atoms with Crippen molar-refractivity contribution in [2.45, 2.75) is 0 Å². The van der Waals surface area contributed by atoms with Crippen LogP contribution in [0.1, 0.15) is 0 Å². The van der Waals surface area contributed by atoms with Crippen molar-refractivity contribution >= 4 is 0 Å². The molecule has 0 atom stereocenters. The third-order valence-corrected chi connectivity index (χ3v) is 0.560. The molecule has 0 unspecified atom stereocenters. The van der Waals surface area contributed by atoms with E-state index in [-0.39, 0.29) is 0 Å². The van der Waals surface area contributed by atoms with E-state index in [2.05, 4.69) is 15.1 Å². The molecule has 35 valence electrons. The van der Waals surface area contributed by atoms with Gasteiger partial charge in [-0.2, -0.15) is 0 Å². The molecule has 0 aliphatic carbocycles. The van der Waals surface area contributed by atoms with Gasteiger partial charge in [-0.05, 0) is 0 Å². The predicted molar refractivity (Wildman–Crippen MR) is 18.9 cm³/mol. The second kappa shape index (κ2) is 2.12. The number of nitrogens with zero attached hydrogens (tertiary/aromatic N) is 1. The average Bonchev–Trinajstić information content (AvgIpc) is 1.72. The van der Waals surface area contributed by atoms with Crippen LogP contribution in [0.2, 0.25) is 0 Å². The summed E-state index contributed by atoms with van der Waals surface area (Å²) < 4.78 is 0. The van der Waals surface area contributed by atoms with Gasteiger partial charge in [-0.1, -0.05) is 0 Å². The minimum Gasteiger partial charge on any atom is -0.234 e. The summed E-state index contributed by atoms with van der Waals surface area (Å²) in [5.41, 5.74) is 0. The Labute approximate surface area is 36.2 Å². The van der Waals surface area contributed by atoms with Crippen LogP contribution in [0, 0.1) is 0 Å². The predicted octanol–water partition coefficient (Wildman–Crippen LogP) is -0.490. The number of rotatable bonds is 0. The van der Waals surface area contributed by atoms with Crippen LogP contribution in [0.4, 0.5) is 0 Å². The molecule has 1 aliphatic heterocycles. The van der Waals surface area contributed by atoms with Crippen molar-refractivity contribution in [3.8, 4) is 0 Å². The molecule has 0 aromatic carbocycles. The van der Waals surface area contributed by atoms with Crippen LogP contribution in [-0.4, -0.2) is 19.9 Å². The van der Waals surface area contributed by atoms with Crippen molar-refractivity contribution in [2.75, 3.05) is 19.9 Å². The van der Waals surface area contributed by atoms with E-state index in [0.717, 1.165) is 6.54 Å². The molecule has 0 bridgehead atoms. The molecule has 3 nitrogen and oxygen atoms in total. The SMILES string of the molecule is C1COOC[N]1. The van der Waals surface area contributed by atoms with Crippen LogP contribution in [0.3, 0.4) is 0 Å². The standard InChI is InChI=1S/C3H6NO2/c1-2-5-6-3-4-1/h1-3H2. The highest BCUT2D eigenvalue weighted by atomic mass is 17.2. The van der Waals surface area contributed by atoms with E-state index in [1.165, 1.54) is 0 Å². The second-order valence-electron chi connectivity index (χ2n) is 1.02. The Morgan fingerprint density at radius 3 is 2.50 bits per heavy atom. The second-order valence-corrected chi connectivity index (χ2v) is 1.02. The summed E-state index contributed by atoms with van der Waals surface area (Å²) >= 11 is 0. The van der Waals surface area contributed by atoms with Crippen LogP contribution in [0.25, 0.3) is 0 Å². The van der Waals surface area contributed by atoms with Gasteiger partial charge in [0.2, 0.25) is 0 Å². The Hall–Kier alpha value is -0.120. The minimum absolute atomic E-state index is 0.403. The van der Waals surface area contributed by atoms with Gasteiger partial charge in [0.05, 0.1) is 6.61 Å². The van der Waals surface area contributed by atoms with Crippen molar-refractivity contribution in [3.05, 3.63) is 0 Å². The highest BCUT2D eigenvalue weighted by Crippen LogP contribution is 1.81. The summed E-state index contributed by atoms with van der Waals surface area (Å²) in [6.07, 6.45) is 0. The van der Waals surface area contributed by atoms with Gasteiger partial charge in [0, 0.05) is 6.54 Å². The lowest BCUT2D eigenvalue weighted by atomic mass is 10.7. The summed E-state index contributed by atoms with van der Waals surface area (Å²) in [6.45, 7) is 1.79. The molecule has 1 aliphatic rings. The molecule has 0 amide bonds. The molecule has 0 N–H and O–H groups in total. The van der Waals surface area contributed by atoms with Crippen molar-refractivity contribution < 1.29 is 9.78 Å². The van der Waals surface area contributed by atoms with Gasteiger partial charge in [0.15, 0.2) is 0 Å². The Morgan fingerprint density at radius 2 is 2.33 bits per heavy atom. The Morgan fingerprint density at radius 1 is 1.33 bits per heavy atom. The number of hydrogen-bond donors (Lipinski definition) is 0. The largest absolute Gasteiger partial charge is 0.234 e. The fourth-order valence-electron chi connectivity index (χ4n) is 0.300. The first kappa shape index (κ1) is 4.05. The fraction of sp³-hybridized carbons (Fsp3) is 1.00. The maximum absolute atomic E-state index is 4.48. The van der Waals surface area contributed by atoms with E-state index in [9.17, 15) is 0 Å². The zero-order valence-electron chi connectivity index (χ0n) is 3.39. The molecule has 0 aromatic heterocycles. The van der Waals surface area contributed by atoms with Crippen molar-refractivity contribution in [3.63, 3.8) is 0 Å². The smallest absolute Gasteiger partial charge is 0.148 e. The van der Waals surface area contributed by atoms with Crippen molar-refractivity contribution in [2.24, 2.45) is 0 Å². The lowest BCUT2D eigenvalue weighted by molar-refractivity contribution is -0.316. The van der Waals surface area contributed by atoms with Crippen LogP contribution in [0.15, 0.2) is 0 Å². The molecule has 0 spiro atoms. The Balaban J connectivity index is 2.00. The monoisotopic (exact) mass is 88.0 g/mol. The lowest BCUT2D eigenvalue weighted by Crippen LogP contribution is -2.22. The minimum atomic E-state index is 0.403. The van der Waals surface area contributed by atoms with Gasteiger partial charge in [0.1, 0.15) is 6.73 Å². The zero-order valence-corrected chi connectivity index (χ0v) is 3.39. The molecule has 1 heterocycles. The normalized spacial score (nSPS) is 24.0. The van der Waals surface area contributed by atoms with Gasteiger partial charge in [-0.3, -0.25) is 0 Å². The molecular formula is C3H6NO2. The van der Waals surface area contributed by atoms with Crippen molar-refractivity contribution in [1.82, 2.24) is 5.32 Å². The molecule has 0 saturated carbocycles. The summed E-state index contributed by atoms with van der Waals surface area (Å²) in [5, 5.41) is 3.83. The van der Waals surface area contributed by atoms with E-state index < -0.39 is 0 Å². The third-order valence-electron chi connectivity index (χ3n) is 0.560. The van der Waals surface area contributed by atoms with E-state index in [4.69, 9.17) is 0 Å². The summed E-state index contributed by atoms with van der Waals surface area (Å²) in [5.74, 6) is 0. The maximum atomic E-state index is 4.48. The summed E-state index contributed by atoms with van der Waals surface area (Å²) in [7, 11) is 0. The van der Waals surface area contributed by atoms with Crippen molar-refractivity contribution in [1.29, 1.82) is 0 Å². The lowest BCUT2D eigenvalue weighted by Gasteiger charge is -2.07. The molecule has 1 rings (SSSR count). The van der Waals surface area contributed by atoms with Crippen LogP contribution in [-0.2, 0) is 9.78 Å². The first-order valence-electron chi connectivity index (χ1n) is 1.88. The van der Waals surface area contributed by atoms with Gasteiger partial charge < -0.3 is 0 Å². The summed E-state index contributed by atoms with van der Waals surface area (Å²) in [6, 6.07) is 0. The fourth-order valence-corrected chi connectivity index (χ4v) is 0.300. The van der Waals surface area contributed by atoms with Gasteiger partial charge in [-0.15, -0.1) is 0 Å². The van der Waals surface area contributed by atoms with Gasteiger partial charge >= 0.3 is 0 Å².